The summed E-state index contributed by atoms with van der Waals surface area (Å²) in [5.41, 5.74) is 1.00. The van der Waals surface area contributed by atoms with Crippen LogP contribution in [-0.4, -0.2) is 36.4 Å². The van der Waals surface area contributed by atoms with E-state index in [1.54, 1.807) is 7.11 Å². The minimum absolute atomic E-state index is 0.304. The van der Waals surface area contributed by atoms with Gasteiger partial charge in [-0.1, -0.05) is 6.07 Å². The Hall–Kier alpha value is -1.56. The van der Waals surface area contributed by atoms with Crippen LogP contribution in [0, 0.1) is 5.92 Å². The van der Waals surface area contributed by atoms with Gasteiger partial charge in [-0.3, -0.25) is 4.40 Å². The van der Waals surface area contributed by atoms with Crippen molar-refractivity contribution in [2.45, 2.75) is 19.3 Å². The van der Waals surface area contributed by atoms with Gasteiger partial charge in [0.1, 0.15) is 15.7 Å². The Labute approximate surface area is 118 Å². The van der Waals surface area contributed by atoms with Crippen molar-refractivity contribution in [1.82, 2.24) is 9.38 Å². The Kier molecular flexibility index (Phi) is 3.41. The van der Waals surface area contributed by atoms with E-state index in [0.717, 1.165) is 36.5 Å². The fourth-order valence-electron chi connectivity index (χ4n) is 2.79. The van der Waals surface area contributed by atoms with Gasteiger partial charge in [0.25, 0.3) is 0 Å². The summed E-state index contributed by atoms with van der Waals surface area (Å²) in [6, 6.07) is 5.83. The molecule has 0 spiro atoms. The van der Waals surface area contributed by atoms with Crippen molar-refractivity contribution in [3.63, 3.8) is 0 Å². The number of pyridine rings is 1. The summed E-state index contributed by atoms with van der Waals surface area (Å²) < 4.78 is 30.3. The summed E-state index contributed by atoms with van der Waals surface area (Å²) in [7, 11) is -1.16. The van der Waals surface area contributed by atoms with E-state index in [9.17, 15) is 8.42 Å². The molecule has 0 atom stereocenters. The van der Waals surface area contributed by atoms with E-state index in [1.807, 2.05) is 28.8 Å². The van der Waals surface area contributed by atoms with E-state index in [2.05, 4.69) is 4.98 Å². The molecule has 0 aliphatic carbocycles. The molecule has 1 aliphatic rings. The average molecular weight is 294 g/mol. The van der Waals surface area contributed by atoms with E-state index in [-0.39, 0.29) is 0 Å². The highest BCUT2D eigenvalue weighted by atomic mass is 32.2. The third-order valence-corrected chi connectivity index (χ3v) is 5.66. The summed E-state index contributed by atoms with van der Waals surface area (Å²) in [5.74, 6) is 2.70. The standard InChI is InChI=1S/C14H18N2O3S/c1-19-14-4-2-3-12-10-15-13(16(12)14)9-11-5-7-20(17,18)8-6-11/h2-4,10-11H,5-9H2,1H3. The van der Waals surface area contributed by atoms with Crippen molar-refractivity contribution in [2.24, 2.45) is 5.92 Å². The van der Waals surface area contributed by atoms with Gasteiger partial charge in [-0.25, -0.2) is 13.4 Å². The molecule has 108 valence electrons. The van der Waals surface area contributed by atoms with E-state index in [0.29, 0.717) is 17.4 Å². The minimum Gasteiger partial charge on any atom is -0.482 e. The third kappa shape index (κ3) is 2.52. The largest absolute Gasteiger partial charge is 0.482 e. The summed E-state index contributed by atoms with van der Waals surface area (Å²) >= 11 is 0. The maximum absolute atomic E-state index is 11.5. The molecule has 5 nitrogen and oxygen atoms in total. The molecule has 6 heteroatoms. The van der Waals surface area contributed by atoms with Gasteiger partial charge in [0.2, 0.25) is 0 Å². The molecule has 0 saturated carbocycles. The molecule has 20 heavy (non-hydrogen) atoms. The van der Waals surface area contributed by atoms with Gasteiger partial charge < -0.3 is 4.74 Å². The molecule has 3 rings (SSSR count). The Bertz CT molecular complexity index is 707. The molecule has 2 aromatic rings. The van der Waals surface area contributed by atoms with Gasteiger partial charge in [0, 0.05) is 6.42 Å². The van der Waals surface area contributed by atoms with Gasteiger partial charge in [-0.2, -0.15) is 0 Å². The first kappa shape index (κ1) is 13.4. The molecular weight excluding hydrogens is 276 g/mol. The SMILES string of the molecule is COc1cccc2cnc(CC3CCS(=O)(=O)CC3)n12. The van der Waals surface area contributed by atoms with Crippen LogP contribution in [0.15, 0.2) is 24.4 Å². The Balaban J connectivity index is 1.85. The highest BCUT2D eigenvalue weighted by molar-refractivity contribution is 7.91. The highest BCUT2D eigenvalue weighted by Gasteiger charge is 2.25. The van der Waals surface area contributed by atoms with Gasteiger partial charge in [0.15, 0.2) is 5.88 Å². The molecule has 0 bridgehead atoms. The molecule has 1 aliphatic heterocycles. The second kappa shape index (κ2) is 5.09. The number of hydrogen-bond acceptors (Lipinski definition) is 4. The van der Waals surface area contributed by atoms with Crippen LogP contribution in [0.1, 0.15) is 18.7 Å². The molecule has 1 saturated heterocycles. The number of ether oxygens (including phenoxy) is 1. The topological polar surface area (TPSA) is 60.7 Å². The van der Waals surface area contributed by atoms with Crippen molar-refractivity contribution in [1.29, 1.82) is 0 Å². The Morgan fingerprint density at radius 2 is 2.10 bits per heavy atom. The van der Waals surface area contributed by atoms with Gasteiger partial charge in [-0.15, -0.1) is 0 Å². The molecule has 2 aromatic heterocycles. The van der Waals surface area contributed by atoms with Gasteiger partial charge in [-0.05, 0) is 30.9 Å². The zero-order valence-electron chi connectivity index (χ0n) is 11.4. The lowest BCUT2D eigenvalue weighted by Crippen LogP contribution is -2.25. The van der Waals surface area contributed by atoms with Crippen molar-refractivity contribution in [3.05, 3.63) is 30.2 Å². The fraction of sp³-hybridized carbons (Fsp3) is 0.500. The van der Waals surface area contributed by atoms with Crippen molar-refractivity contribution >= 4 is 15.4 Å². The van der Waals surface area contributed by atoms with Crippen LogP contribution in [0.4, 0.5) is 0 Å². The molecule has 1 fully saturated rings. The second-order valence-electron chi connectivity index (χ2n) is 5.30. The van der Waals surface area contributed by atoms with Gasteiger partial charge in [0.05, 0.1) is 30.3 Å². The number of nitrogens with zero attached hydrogens (tertiary/aromatic N) is 2. The quantitative estimate of drug-likeness (QED) is 0.864. The van der Waals surface area contributed by atoms with Crippen molar-refractivity contribution in [2.75, 3.05) is 18.6 Å². The number of imidazole rings is 1. The highest BCUT2D eigenvalue weighted by Crippen LogP contribution is 2.25. The van der Waals surface area contributed by atoms with Gasteiger partial charge >= 0.3 is 0 Å². The Morgan fingerprint density at radius 1 is 1.35 bits per heavy atom. The number of aromatic nitrogens is 2. The second-order valence-corrected chi connectivity index (χ2v) is 7.61. The summed E-state index contributed by atoms with van der Waals surface area (Å²) in [6.07, 6.45) is 4.08. The van der Waals surface area contributed by atoms with E-state index in [1.165, 1.54) is 0 Å². The predicted octanol–water partition coefficient (Wildman–Crippen LogP) is 1.71. The summed E-state index contributed by atoms with van der Waals surface area (Å²) in [4.78, 5) is 4.47. The minimum atomic E-state index is -2.80. The first-order valence-electron chi connectivity index (χ1n) is 6.79. The van der Waals surface area contributed by atoms with E-state index in [4.69, 9.17) is 4.74 Å². The zero-order valence-corrected chi connectivity index (χ0v) is 12.3. The lowest BCUT2D eigenvalue weighted by Gasteiger charge is -2.21. The van der Waals surface area contributed by atoms with Crippen LogP contribution >= 0.6 is 0 Å². The number of hydrogen-bond donors (Lipinski definition) is 0. The number of methoxy groups -OCH3 is 1. The third-order valence-electron chi connectivity index (χ3n) is 3.94. The van der Waals surface area contributed by atoms with Crippen LogP contribution in [0.2, 0.25) is 0 Å². The maximum atomic E-state index is 11.5. The normalized spacial score (nSPS) is 19.2. The first-order chi connectivity index (χ1) is 9.59. The molecule has 0 amide bonds. The number of rotatable bonds is 3. The first-order valence-corrected chi connectivity index (χ1v) is 8.61. The predicted molar refractivity (Wildman–Crippen MR) is 76.8 cm³/mol. The van der Waals surface area contributed by atoms with E-state index < -0.39 is 9.84 Å². The van der Waals surface area contributed by atoms with Crippen LogP contribution in [-0.2, 0) is 16.3 Å². The van der Waals surface area contributed by atoms with E-state index >= 15 is 0 Å². The molecule has 0 unspecified atom stereocenters. The smallest absolute Gasteiger partial charge is 0.199 e. The lowest BCUT2D eigenvalue weighted by molar-refractivity contribution is 0.385. The van der Waals surface area contributed by atoms with Crippen LogP contribution in [0.5, 0.6) is 5.88 Å². The lowest BCUT2D eigenvalue weighted by atomic mass is 9.98. The zero-order chi connectivity index (χ0) is 14.2. The van der Waals surface area contributed by atoms with Crippen LogP contribution in [0.3, 0.4) is 0 Å². The fourth-order valence-corrected chi connectivity index (χ4v) is 4.37. The van der Waals surface area contributed by atoms with Crippen LogP contribution in [0.25, 0.3) is 5.52 Å². The van der Waals surface area contributed by atoms with Crippen molar-refractivity contribution < 1.29 is 13.2 Å². The molecule has 0 N–H and O–H groups in total. The number of fused-ring (bicyclic) bond motifs is 1. The molecule has 0 radical (unpaired) electrons. The summed E-state index contributed by atoms with van der Waals surface area (Å²) in [5, 5.41) is 0. The summed E-state index contributed by atoms with van der Waals surface area (Å²) in [6.45, 7) is 0. The molecular formula is C14H18N2O3S. The number of sulfone groups is 1. The monoisotopic (exact) mass is 294 g/mol. The molecule has 3 heterocycles. The molecule has 0 aromatic carbocycles. The van der Waals surface area contributed by atoms with Crippen LogP contribution < -0.4 is 4.74 Å². The van der Waals surface area contributed by atoms with Crippen molar-refractivity contribution in [3.8, 4) is 5.88 Å². The average Bonchev–Trinajstić information content (AvgIpc) is 2.84. The maximum Gasteiger partial charge on any atom is 0.199 e. The Morgan fingerprint density at radius 3 is 2.80 bits per heavy atom.